The van der Waals surface area contributed by atoms with Gasteiger partial charge in [0.2, 0.25) is 0 Å². The number of piperidine rings is 1. The van der Waals surface area contributed by atoms with Gasteiger partial charge in [-0.1, -0.05) is 18.6 Å². The molecule has 0 bridgehead atoms. The number of fused-ring (bicyclic) bond motifs is 1. The van der Waals surface area contributed by atoms with Gasteiger partial charge >= 0.3 is 11.9 Å². The Balaban J connectivity index is 1.42. The molecule has 28 heavy (non-hydrogen) atoms. The van der Waals surface area contributed by atoms with Crippen molar-refractivity contribution in [2.75, 3.05) is 19.8 Å². The van der Waals surface area contributed by atoms with E-state index in [4.69, 9.17) is 10.8 Å². The van der Waals surface area contributed by atoms with E-state index in [0.717, 1.165) is 37.9 Å². The number of carbonyl (C=O) groups excluding carboxylic acids is 2. The molecule has 156 valence electrons. The minimum absolute atomic E-state index is 0.152. The number of hydrogen-bond donors (Lipinski definition) is 2. The Morgan fingerprint density at radius 2 is 2.07 bits per heavy atom. The van der Waals surface area contributed by atoms with Crippen LogP contribution in [0.2, 0.25) is 0 Å². The summed E-state index contributed by atoms with van der Waals surface area (Å²) in [5.74, 6) is 1.35. The van der Waals surface area contributed by atoms with Crippen LogP contribution in [0.1, 0.15) is 59.1 Å². The summed E-state index contributed by atoms with van der Waals surface area (Å²) < 4.78 is 18.9. The van der Waals surface area contributed by atoms with E-state index < -0.39 is 12.0 Å². The summed E-state index contributed by atoms with van der Waals surface area (Å²) in [6, 6.07) is -1.39. The standard InChI is InChI=1S/C19H31N5O4/c1-2-18(25)27-8-3-9-28-19(26)16-11-15-10-13(4-6-14(15)12-20-16)5-7-17-21-23-24-22-17/h13-16,20H,2-12H2,1H3,(H,21,22,23,24)/t13-,14+,15-,16+/m1/s1/i16D. The third kappa shape index (κ3) is 5.98. The summed E-state index contributed by atoms with van der Waals surface area (Å²) in [6.07, 6.45) is 6.34. The Labute approximate surface area is 166 Å². The minimum Gasteiger partial charge on any atom is -0.466 e. The molecule has 1 aliphatic carbocycles. The molecule has 9 nitrogen and oxygen atoms in total. The maximum Gasteiger partial charge on any atom is 0.323 e. The molecule has 1 aromatic heterocycles. The fourth-order valence-electron chi connectivity index (χ4n) is 4.17. The van der Waals surface area contributed by atoms with Gasteiger partial charge in [-0.3, -0.25) is 9.59 Å². The van der Waals surface area contributed by atoms with Gasteiger partial charge in [0.15, 0.2) is 5.82 Å². The summed E-state index contributed by atoms with van der Waals surface area (Å²) in [5.41, 5.74) is 0. The smallest absolute Gasteiger partial charge is 0.323 e. The van der Waals surface area contributed by atoms with Crippen LogP contribution in [0.3, 0.4) is 0 Å². The van der Waals surface area contributed by atoms with E-state index >= 15 is 0 Å². The summed E-state index contributed by atoms with van der Waals surface area (Å²) in [4.78, 5) is 23.6. The van der Waals surface area contributed by atoms with E-state index in [0.29, 0.717) is 43.6 Å². The number of ether oxygens (including phenoxy) is 2. The number of carbonyl (C=O) groups is 2. The van der Waals surface area contributed by atoms with Crippen LogP contribution in [-0.2, 0) is 25.5 Å². The van der Waals surface area contributed by atoms with Crippen molar-refractivity contribution >= 4 is 11.9 Å². The van der Waals surface area contributed by atoms with E-state index in [-0.39, 0.29) is 19.2 Å². The molecule has 2 heterocycles. The van der Waals surface area contributed by atoms with Gasteiger partial charge in [-0.2, -0.15) is 5.21 Å². The molecule has 1 aliphatic heterocycles. The SMILES string of the molecule is [2H][C@@]1(C(=O)OCCCOC(=O)CC)C[C@H]2C[C@@H](CCc3nn[nH]n3)CC[C@H]2CN1. The highest BCUT2D eigenvalue weighted by molar-refractivity contribution is 5.76. The highest BCUT2D eigenvalue weighted by Crippen LogP contribution is 2.40. The highest BCUT2D eigenvalue weighted by Gasteiger charge is 2.38. The molecule has 1 saturated heterocycles. The maximum absolute atomic E-state index is 12.5. The van der Waals surface area contributed by atoms with Crippen LogP contribution in [0, 0.1) is 17.8 Å². The van der Waals surface area contributed by atoms with Crippen LogP contribution in [0.4, 0.5) is 0 Å². The van der Waals surface area contributed by atoms with Crippen molar-refractivity contribution in [2.45, 2.75) is 64.3 Å². The molecular weight excluding hydrogens is 362 g/mol. The second-order valence-electron chi connectivity index (χ2n) is 7.69. The van der Waals surface area contributed by atoms with Gasteiger partial charge in [0.05, 0.1) is 14.6 Å². The lowest BCUT2D eigenvalue weighted by Crippen LogP contribution is -2.50. The van der Waals surface area contributed by atoms with E-state index in [1.54, 1.807) is 6.92 Å². The number of nitrogens with zero attached hydrogens (tertiary/aromatic N) is 3. The van der Waals surface area contributed by atoms with Crippen LogP contribution in [0.5, 0.6) is 0 Å². The van der Waals surface area contributed by atoms with Crippen molar-refractivity contribution in [3.05, 3.63) is 5.82 Å². The van der Waals surface area contributed by atoms with Gasteiger partial charge in [-0.15, -0.1) is 10.2 Å². The fraction of sp³-hybridized carbons (Fsp3) is 0.842. The first-order chi connectivity index (χ1) is 14.0. The van der Waals surface area contributed by atoms with Crippen LogP contribution in [-0.4, -0.2) is 58.3 Å². The molecule has 3 rings (SSSR count). The number of aromatic nitrogens is 4. The average Bonchev–Trinajstić information content (AvgIpc) is 3.25. The fourth-order valence-corrected chi connectivity index (χ4v) is 4.17. The molecule has 9 heteroatoms. The summed E-state index contributed by atoms with van der Waals surface area (Å²) >= 11 is 0. The molecule has 0 amide bonds. The number of esters is 2. The van der Waals surface area contributed by atoms with Gasteiger partial charge in [-0.25, -0.2) is 0 Å². The largest absolute Gasteiger partial charge is 0.466 e. The zero-order valence-corrected chi connectivity index (χ0v) is 16.5. The van der Waals surface area contributed by atoms with Crippen LogP contribution >= 0.6 is 0 Å². The second-order valence-corrected chi connectivity index (χ2v) is 7.69. The molecule has 1 saturated carbocycles. The van der Waals surface area contributed by atoms with Crippen LogP contribution in [0.25, 0.3) is 0 Å². The van der Waals surface area contributed by atoms with Gasteiger partial charge in [-0.05, 0) is 50.0 Å². The molecule has 2 N–H and O–H groups in total. The molecule has 0 aromatic carbocycles. The minimum atomic E-state index is -1.39. The molecule has 0 spiro atoms. The Morgan fingerprint density at radius 3 is 2.86 bits per heavy atom. The molecule has 4 atom stereocenters. The summed E-state index contributed by atoms with van der Waals surface area (Å²) in [7, 11) is 0. The molecule has 0 radical (unpaired) electrons. The maximum atomic E-state index is 12.5. The quantitative estimate of drug-likeness (QED) is 0.477. The van der Waals surface area contributed by atoms with Gasteiger partial charge in [0, 0.05) is 19.3 Å². The molecule has 2 fully saturated rings. The molecular formula is C19H31N5O4. The number of hydrogen-bond acceptors (Lipinski definition) is 8. The van der Waals surface area contributed by atoms with E-state index in [1.165, 1.54) is 0 Å². The molecule has 0 unspecified atom stereocenters. The van der Waals surface area contributed by atoms with E-state index in [2.05, 4.69) is 25.9 Å². The highest BCUT2D eigenvalue weighted by atomic mass is 16.5. The second kappa shape index (κ2) is 10.5. The van der Waals surface area contributed by atoms with Crippen LogP contribution < -0.4 is 5.32 Å². The monoisotopic (exact) mass is 394 g/mol. The van der Waals surface area contributed by atoms with Crippen molar-refractivity contribution in [3.63, 3.8) is 0 Å². The zero-order valence-electron chi connectivity index (χ0n) is 17.5. The molecule has 1 aromatic rings. The Hall–Kier alpha value is -2.03. The predicted molar refractivity (Wildman–Crippen MR) is 100 cm³/mol. The summed E-state index contributed by atoms with van der Waals surface area (Å²) in [6.45, 7) is 2.79. The predicted octanol–water partition coefficient (Wildman–Crippen LogP) is 1.41. The zero-order chi connectivity index (χ0) is 20.7. The topological polar surface area (TPSA) is 119 Å². The number of tetrazole rings is 1. The van der Waals surface area contributed by atoms with Crippen LogP contribution in [0.15, 0.2) is 0 Å². The van der Waals surface area contributed by atoms with Gasteiger partial charge < -0.3 is 14.8 Å². The third-order valence-electron chi connectivity index (χ3n) is 5.78. The first-order valence-electron chi connectivity index (χ1n) is 10.8. The number of aryl methyl sites for hydroxylation is 1. The first-order valence-corrected chi connectivity index (χ1v) is 10.3. The third-order valence-corrected chi connectivity index (χ3v) is 5.78. The van der Waals surface area contributed by atoms with Crippen molar-refractivity contribution in [3.8, 4) is 0 Å². The Kier molecular flexibility index (Phi) is 7.23. The Morgan fingerprint density at radius 1 is 1.21 bits per heavy atom. The van der Waals surface area contributed by atoms with Gasteiger partial charge in [0.25, 0.3) is 0 Å². The van der Waals surface area contributed by atoms with Crippen molar-refractivity contribution in [1.29, 1.82) is 0 Å². The molecule has 2 aliphatic rings. The van der Waals surface area contributed by atoms with E-state index in [9.17, 15) is 9.59 Å². The van der Waals surface area contributed by atoms with Gasteiger partial charge in [0.1, 0.15) is 6.02 Å². The number of rotatable bonds is 9. The van der Waals surface area contributed by atoms with E-state index in [1.807, 2.05) is 0 Å². The first kappa shape index (κ1) is 19.3. The van der Waals surface area contributed by atoms with Crippen molar-refractivity contribution in [2.24, 2.45) is 17.8 Å². The number of nitrogens with one attached hydrogen (secondary N) is 2. The normalized spacial score (nSPS) is 30.2. The average molecular weight is 394 g/mol. The summed E-state index contributed by atoms with van der Waals surface area (Å²) in [5, 5.41) is 17.2. The number of H-pyrrole nitrogens is 1. The lowest BCUT2D eigenvalue weighted by molar-refractivity contribution is -0.149. The van der Waals surface area contributed by atoms with Crippen molar-refractivity contribution < 1.29 is 20.4 Å². The number of aromatic amines is 1. The van der Waals surface area contributed by atoms with Crippen molar-refractivity contribution in [1.82, 2.24) is 25.9 Å². The lowest BCUT2D eigenvalue weighted by atomic mass is 9.69. The Bertz CT molecular complexity index is 674. The lowest BCUT2D eigenvalue weighted by Gasteiger charge is -2.42.